The quantitative estimate of drug-likeness (QED) is 0.334. The number of hydrogen-bond acceptors (Lipinski definition) is 4. The molecule has 0 aliphatic heterocycles. The maximum Gasteiger partial charge on any atom is 1.00 e. The second-order valence-corrected chi connectivity index (χ2v) is 8.14. The van der Waals surface area contributed by atoms with E-state index >= 15 is 0 Å². The van der Waals surface area contributed by atoms with Gasteiger partial charge in [-0.3, -0.25) is 4.79 Å². The fourth-order valence-electron chi connectivity index (χ4n) is 3.83. The Hall–Kier alpha value is -1.93. The van der Waals surface area contributed by atoms with Crippen molar-refractivity contribution in [3.05, 3.63) is 98.2 Å². The van der Waals surface area contributed by atoms with Crippen LogP contribution in [0.15, 0.2) is 63.8 Å². The summed E-state index contributed by atoms with van der Waals surface area (Å²) in [5, 5.41) is 13.5. The van der Waals surface area contributed by atoms with E-state index < -0.39 is 12.0 Å². The van der Waals surface area contributed by atoms with E-state index in [0.29, 0.717) is 22.3 Å². The van der Waals surface area contributed by atoms with Gasteiger partial charge in [-0.05, 0) is 48.7 Å². The molecule has 0 saturated carbocycles. The van der Waals surface area contributed by atoms with Crippen LogP contribution < -0.4 is 62.1 Å². The first-order valence-corrected chi connectivity index (χ1v) is 10.5. The average molecular weight is 486 g/mol. The normalized spacial score (nSPS) is 11.6. The monoisotopic (exact) mass is 485 g/mol. The van der Waals surface area contributed by atoms with E-state index in [2.05, 4.69) is 11.4 Å². The summed E-state index contributed by atoms with van der Waals surface area (Å²) >= 11 is 6.29. The number of nitrogens with one attached hydrogen (secondary N) is 1. The number of fused-ring (bicyclic) bond motifs is 1. The zero-order valence-electron chi connectivity index (χ0n) is 18.8. The molecule has 1 aromatic heterocycles. The van der Waals surface area contributed by atoms with Gasteiger partial charge in [-0.2, -0.15) is 0 Å². The number of carboxylic acid groups (broad SMARTS) is 1. The van der Waals surface area contributed by atoms with Crippen LogP contribution in [0.4, 0.5) is 5.69 Å². The average Bonchev–Trinajstić information content (AvgIpc) is 2.77. The summed E-state index contributed by atoms with van der Waals surface area (Å²) in [6, 6.07) is 18.6. The molecule has 3 aromatic carbocycles. The third kappa shape index (κ3) is 5.11. The topological polar surface area (TPSA) is 79.5 Å². The number of carboxylic acids is 1. The summed E-state index contributed by atoms with van der Waals surface area (Å²) in [4.78, 5) is 24.9. The van der Waals surface area contributed by atoms with Crippen molar-refractivity contribution in [1.82, 2.24) is 0 Å². The molecule has 0 fully saturated rings. The van der Waals surface area contributed by atoms with Crippen LogP contribution in [0.5, 0.6) is 0 Å². The van der Waals surface area contributed by atoms with Crippen molar-refractivity contribution in [3.63, 3.8) is 0 Å². The Kier molecular flexibility index (Phi) is 8.21. The number of benzene rings is 3. The van der Waals surface area contributed by atoms with Crippen LogP contribution in [-0.2, 0) is 0 Å². The standard InChI is InChI=1S/C26H21ClNO4.K/c1-14-12-19(16(3)28-22-18(26(30)31)10-7-11-21(22)27)25-20(13-14)23(29)15(2)24(32-25)17-8-5-4-6-9-17;/h4-9,11-13,16,28H,1-3H3,(H,30,31);/q-1;+1. The minimum atomic E-state index is -1.13. The molecular formula is C26H21ClKNO4. The molecule has 1 atom stereocenters. The van der Waals surface area contributed by atoms with Gasteiger partial charge in [0.15, 0.2) is 5.43 Å². The molecular weight excluding hydrogens is 465 g/mol. The van der Waals surface area contributed by atoms with Crippen molar-refractivity contribution in [3.8, 4) is 11.3 Å². The third-order valence-corrected chi connectivity index (χ3v) is 5.73. The van der Waals surface area contributed by atoms with E-state index in [1.54, 1.807) is 13.0 Å². The van der Waals surface area contributed by atoms with E-state index in [1.807, 2.05) is 56.3 Å². The van der Waals surface area contributed by atoms with Gasteiger partial charge in [0.25, 0.3) is 0 Å². The number of aromatic carboxylic acids is 1. The van der Waals surface area contributed by atoms with Gasteiger partial charge < -0.3 is 19.6 Å². The number of carbonyl (C=O) groups is 1. The Balaban J connectivity index is 0.00000306. The Morgan fingerprint density at radius 3 is 2.52 bits per heavy atom. The van der Waals surface area contributed by atoms with E-state index in [-0.39, 0.29) is 73.1 Å². The summed E-state index contributed by atoms with van der Waals surface area (Å²) in [7, 11) is 0. The van der Waals surface area contributed by atoms with Crippen molar-refractivity contribution >= 4 is 34.2 Å². The molecule has 33 heavy (non-hydrogen) atoms. The van der Waals surface area contributed by atoms with Gasteiger partial charge in [-0.1, -0.05) is 36.4 Å². The van der Waals surface area contributed by atoms with Crippen LogP contribution >= 0.6 is 11.6 Å². The van der Waals surface area contributed by atoms with E-state index in [9.17, 15) is 14.7 Å². The molecule has 0 saturated heterocycles. The molecule has 2 N–H and O–H groups in total. The van der Waals surface area contributed by atoms with Gasteiger partial charge in [0.05, 0.1) is 5.39 Å². The molecule has 0 aliphatic carbocycles. The number of hydrogen-bond donors (Lipinski definition) is 2. The van der Waals surface area contributed by atoms with Crippen LogP contribution in [0.1, 0.15) is 40.0 Å². The van der Waals surface area contributed by atoms with Gasteiger partial charge in [0, 0.05) is 22.7 Å². The Morgan fingerprint density at radius 1 is 1.15 bits per heavy atom. The predicted octanol–water partition coefficient (Wildman–Crippen LogP) is 3.41. The van der Waals surface area contributed by atoms with Crippen molar-refractivity contribution < 1.29 is 65.7 Å². The number of rotatable bonds is 5. The Morgan fingerprint density at radius 2 is 1.85 bits per heavy atom. The van der Waals surface area contributed by atoms with Gasteiger partial charge in [-0.15, -0.1) is 29.8 Å². The van der Waals surface area contributed by atoms with Gasteiger partial charge in [0.2, 0.25) is 5.97 Å². The molecule has 1 unspecified atom stereocenters. The molecule has 0 radical (unpaired) electrons. The summed E-state index contributed by atoms with van der Waals surface area (Å²) in [5.74, 6) is -0.623. The van der Waals surface area contributed by atoms with Crippen LogP contribution in [0.3, 0.4) is 0 Å². The van der Waals surface area contributed by atoms with Gasteiger partial charge in [0.1, 0.15) is 11.3 Å². The summed E-state index contributed by atoms with van der Waals surface area (Å²) < 4.78 is 6.32. The van der Waals surface area contributed by atoms with Crippen molar-refractivity contribution in [2.45, 2.75) is 26.8 Å². The Labute approximate surface area is 239 Å². The van der Waals surface area contributed by atoms with Crippen molar-refractivity contribution in [2.24, 2.45) is 0 Å². The number of halogens is 1. The summed E-state index contributed by atoms with van der Waals surface area (Å²) in [5.41, 5.74) is 3.54. The first kappa shape index (κ1) is 25.7. The molecule has 0 bridgehead atoms. The third-order valence-electron chi connectivity index (χ3n) is 5.42. The zero-order valence-corrected chi connectivity index (χ0v) is 22.7. The largest absolute Gasteiger partial charge is 1.00 e. The maximum absolute atomic E-state index is 13.2. The number of aryl methyl sites for hydroxylation is 1. The van der Waals surface area contributed by atoms with Crippen LogP contribution in [-0.4, -0.2) is 11.1 Å². The molecule has 0 spiro atoms. The van der Waals surface area contributed by atoms with Crippen molar-refractivity contribution in [2.75, 3.05) is 5.32 Å². The first-order valence-electron chi connectivity index (χ1n) is 10.1. The van der Waals surface area contributed by atoms with E-state index in [4.69, 9.17) is 16.0 Å². The first-order chi connectivity index (χ1) is 15.3. The molecule has 162 valence electrons. The molecule has 0 aliphatic rings. The van der Waals surface area contributed by atoms with Gasteiger partial charge in [-0.25, -0.2) is 0 Å². The van der Waals surface area contributed by atoms with Crippen molar-refractivity contribution in [1.29, 1.82) is 0 Å². The van der Waals surface area contributed by atoms with E-state index in [1.165, 1.54) is 6.07 Å². The van der Waals surface area contributed by atoms with Crippen LogP contribution in [0.2, 0.25) is 5.02 Å². The maximum atomic E-state index is 13.2. The predicted molar refractivity (Wildman–Crippen MR) is 127 cm³/mol. The fraction of sp³-hybridized carbons (Fsp3) is 0.154. The molecule has 0 amide bonds. The molecule has 4 aromatic rings. The minimum absolute atomic E-state index is 0. The SMILES string of the molecule is Cc1cc(C(C)Nc2c(C(=O)O)[c-]ccc2Cl)c2oc(-c3ccccc3)c(C)c(=O)c2c1.[K+]. The van der Waals surface area contributed by atoms with E-state index in [0.717, 1.165) is 16.7 Å². The summed E-state index contributed by atoms with van der Waals surface area (Å²) in [6.07, 6.45) is 0. The van der Waals surface area contributed by atoms with Crippen LogP contribution in [0, 0.1) is 19.9 Å². The smallest absolute Gasteiger partial charge is 0.521 e. The molecule has 7 heteroatoms. The minimum Gasteiger partial charge on any atom is -0.521 e. The molecule has 4 rings (SSSR count). The Bertz CT molecular complexity index is 1400. The number of anilines is 1. The van der Waals surface area contributed by atoms with Crippen LogP contribution in [0.25, 0.3) is 22.3 Å². The summed E-state index contributed by atoms with van der Waals surface area (Å²) in [6.45, 7) is 5.53. The second-order valence-electron chi connectivity index (χ2n) is 7.73. The van der Waals surface area contributed by atoms with Gasteiger partial charge >= 0.3 is 51.4 Å². The molecule has 1 heterocycles. The fourth-order valence-corrected chi connectivity index (χ4v) is 4.04. The molecule has 5 nitrogen and oxygen atoms in total. The second kappa shape index (κ2) is 10.6. The zero-order chi connectivity index (χ0) is 23.0.